The van der Waals surface area contributed by atoms with E-state index in [2.05, 4.69) is 32.2 Å². The largest absolute Gasteiger partial charge is 0.460 e. The van der Waals surface area contributed by atoms with Crippen molar-refractivity contribution in [1.29, 1.82) is 5.26 Å². The van der Waals surface area contributed by atoms with Crippen LogP contribution in [0.15, 0.2) is 0 Å². The van der Waals surface area contributed by atoms with Crippen molar-refractivity contribution in [3.8, 4) is 6.07 Å². The van der Waals surface area contributed by atoms with Gasteiger partial charge in [0.05, 0.1) is 17.8 Å². The lowest BCUT2D eigenvalue weighted by Gasteiger charge is -2.45. The normalized spacial score (nSPS) is 32.5. The highest BCUT2D eigenvalue weighted by atomic mass is 16.7. The standard InChI is InChI=1S/C19H33BN2O4/c1-7-13-9-14(8-2)19(6)16(10-13)25-20(26-19)11-15(12-21)22-17(23)24-18(3,4)5/h13-16H,7-11H2,1-6H3,(H,22,23)/t13-,14+,15+,16+,19-/m1/s1. The Labute approximate surface area is 158 Å². The van der Waals surface area contributed by atoms with Gasteiger partial charge in [-0.25, -0.2) is 4.79 Å². The third-order valence-electron chi connectivity index (χ3n) is 5.66. The van der Waals surface area contributed by atoms with Crippen molar-refractivity contribution >= 4 is 13.2 Å². The number of alkyl carbamates (subject to hydrolysis) is 1. The third kappa shape index (κ3) is 4.92. The predicted molar refractivity (Wildman–Crippen MR) is 100 cm³/mol. The number of nitrogens with one attached hydrogen (secondary N) is 1. The molecule has 0 radical (unpaired) electrons. The number of nitrogens with zero attached hydrogens (tertiary/aromatic N) is 1. The molecule has 6 nitrogen and oxygen atoms in total. The van der Waals surface area contributed by atoms with Crippen molar-refractivity contribution in [3.05, 3.63) is 0 Å². The zero-order chi connectivity index (χ0) is 19.5. The zero-order valence-electron chi connectivity index (χ0n) is 17.0. The number of carbonyl (C=O) groups is 1. The lowest BCUT2D eigenvalue weighted by molar-refractivity contribution is -0.0536. The first-order valence-corrected chi connectivity index (χ1v) is 9.83. The summed E-state index contributed by atoms with van der Waals surface area (Å²) in [6.07, 6.45) is 4.12. The van der Waals surface area contributed by atoms with Crippen LogP contribution in [0.2, 0.25) is 6.32 Å². The van der Waals surface area contributed by atoms with Gasteiger partial charge in [0, 0.05) is 6.32 Å². The first-order chi connectivity index (χ1) is 12.1. The lowest BCUT2D eigenvalue weighted by Crippen LogP contribution is -2.49. The number of ether oxygens (including phenoxy) is 1. The third-order valence-corrected chi connectivity index (χ3v) is 5.66. The van der Waals surface area contributed by atoms with Crippen LogP contribution < -0.4 is 5.32 Å². The maximum Gasteiger partial charge on any atom is 0.460 e. The Morgan fingerprint density at radius 1 is 1.38 bits per heavy atom. The van der Waals surface area contributed by atoms with Gasteiger partial charge in [0.25, 0.3) is 0 Å². The summed E-state index contributed by atoms with van der Waals surface area (Å²) in [5.74, 6) is 1.11. The number of rotatable bonds is 5. The van der Waals surface area contributed by atoms with E-state index in [0.717, 1.165) is 25.7 Å². The first-order valence-electron chi connectivity index (χ1n) is 9.83. The van der Waals surface area contributed by atoms with Gasteiger partial charge >= 0.3 is 13.2 Å². The monoisotopic (exact) mass is 364 g/mol. The molecule has 1 aliphatic carbocycles. The Bertz CT molecular complexity index is 545. The summed E-state index contributed by atoms with van der Waals surface area (Å²) in [6, 6.07) is 1.40. The highest BCUT2D eigenvalue weighted by Gasteiger charge is 2.55. The molecule has 0 aromatic heterocycles. The van der Waals surface area contributed by atoms with Crippen molar-refractivity contribution in [2.75, 3.05) is 0 Å². The molecular weight excluding hydrogens is 331 g/mol. The Hall–Kier alpha value is -1.26. The Morgan fingerprint density at radius 2 is 2.08 bits per heavy atom. The highest BCUT2D eigenvalue weighted by Crippen LogP contribution is 2.48. The molecule has 2 aliphatic rings. The summed E-state index contributed by atoms with van der Waals surface area (Å²) in [5.41, 5.74) is -0.909. The number of carbonyl (C=O) groups excluding carboxylic acids is 1. The van der Waals surface area contributed by atoms with Crippen molar-refractivity contribution in [1.82, 2.24) is 5.32 Å². The number of hydrogen-bond donors (Lipinski definition) is 1. The molecular formula is C19H33BN2O4. The van der Waals surface area contributed by atoms with Crippen LogP contribution in [-0.2, 0) is 14.0 Å². The minimum absolute atomic E-state index is 0.0528. The molecule has 1 amide bonds. The predicted octanol–water partition coefficient (Wildman–Crippen LogP) is 3.91. The van der Waals surface area contributed by atoms with E-state index in [-0.39, 0.29) is 11.7 Å². The Morgan fingerprint density at radius 3 is 2.62 bits per heavy atom. The van der Waals surface area contributed by atoms with E-state index >= 15 is 0 Å². The van der Waals surface area contributed by atoms with E-state index in [0.29, 0.717) is 18.2 Å². The minimum atomic E-state index is -0.708. The maximum atomic E-state index is 11.9. The summed E-state index contributed by atoms with van der Waals surface area (Å²) >= 11 is 0. The van der Waals surface area contributed by atoms with E-state index in [9.17, 15) is 10.1 Å². The molecule has 7 heteroatoms. The van der Waals surface area contributed by atoms with Gasteiger partial charge in [0.2, 0.25) is 0 Å². The molecule has 1 N–H and O–H groups in total. The summed E-state index contributed by atoms with van der Waals surface area (Å²) in [4.78, 5) is 11.9. The average molecular weight is 364 g/mol. The fourth-order valence-electron chi connectivity index (χ4n) is 4.18. The maximum absolute atomic E-state index is 11.9. The molecule has 2 fully saturated rings. The number of nitriles is 1. The van der Waals surface area contributed by atoms with E-state index < -0.39 is 24.9 Å². The zero-order valence-corrected chi connectivity index (χ0v) is 17.0. The van der Waals surface area contributed by atoms with Gasteiger partial charge in [-0.3, -0.25) is 0 Å². The molecule has 0 unspecified atom stereocenters. The van der Waals surface area contributed by atoms with Gasteiger partial charge in [0.1, 0.15) is 11.6 Å². The summed E-state index contributed by atoms with van der Waals surface area (Å²) < 4.78 is 17.7. The first kappa shape index (κ1) is 21.0. The van der Waals surface area contributed by atoms with Crippen LogP contribution in [0.3, 0.4) is 0 Å². The van der Waals surface area contributed by atoms with Crippen LogP contribution in [-0.4, -0.2) is 36.6 Å². The molecule has 26 heavy (non-hydrogen) atoms. The summed E-state index contributed by atoms with van der Waals surface area (Å²) in [5, 5.41) is 12.0. The fourth-order valence-corrected chi connectivity index (χ4v) is 4.18. The van der Waals surface area contributed by atoms with Gasteiger partial charge in [0.15, 0.2) is 0 Å². The molecule has 1 heterocycles. The molecule has 0 bridgehead atoms. The second kappa shape index (κ2) is 8.18. The van der Waals surface area contributed by atoms with Crippen molar-refractivity contribution in [2.24, 2.45) is 11.8 Å². The van der Waals surface area contributed by atoms with Crippen molar-refractivity contribution in [3.63, 3.8) is 0 Å². The summed E-state index contributed by atoms with van der Waals surface area (Å²) in [7, 11) is -0.478. The molecule has 2 rings (SSSR count). The second-order valence-corrected chi connectivity index (χ2v) is 8.77. The fraction of sp³-hybridized carbons (Fsp3) is 0.895. The van der Waals surface area contributed by atoms with Crippen LogP contribution in [0.5, 0.6) is 0 Å². The average Bonchev–Trinajstić information content (AvgIpc) is 2.86. The highest BCUT2D eigenvalue weighted by molar-refractivity contribution is 6.45. The van der Waals surface area contributed by atoms with Crippen molar-refractivity contribution < 1.29 is 18.8 Å². The Balaban J connectivity index is 1.98. The lowest BCUT2D eigenvalue weighted by atomic mass is 9.68. The van der Waals surface area contributed by atoms with E-state index in [4.69, 9.17) is 14.0 Å². The van der Waals surface area contributed by atoms with Gasteiger partial charge in [-0.15, -0.1) is 0 Å². The second-order valence-electron chi connectivity index (χ2n) is 8.77. The molecule has 0 aromatic rings. The number of amides is 1. The van der Waals surface area contributed by atoms with Gasteiger partial charge in [-0.05, 0) is 52.4 Å². The topological polar surface area (TPSA) is 80.6 Å². The summed E-state index contributed by atoms with van der Waals surface area (Å²) in [6.45, 7) is 11.9. The van der Waals surface area contributed by atoms with Gasteiger partial charge in [-0.1, -0.05) is 26.7 Å². The minimum Gasteiger partial charge on any atom is -0.444 e. The van der Waals surface area contributed by atoms with E-state index in [1.807, 2.05) is 0 Å². The molecule has 1 saturated carbocycles. The molecule has 1 saturated heterocycles. The Kier molecular flexibility index (Phi) is 6.62. The van der Waals surface area contributed by atoms with Crippen LogP contribution >= 0.6 is 0 Å². The van der Waals surface area contributed by atoms with Crippen LogP contribution in [0, 0.1) is 23.2 Å². The van der Waals surface area contributed by atoms with Gasteiger partial charge < -0.3 is 19.4 Å². The van der Waals surface area contributed by atoms with E-state index in [1.54, 1.807) is 20.8 Å². The number of hydrogen-bond acceptors (Lipinski definition) is 5. The molecule has 5 atom stereocenters. The van der Waals surface area contributed by atoms with E-state index in [1.165, 1.54) is 0 Å². The quantitative estimate of drug-likeness (QED) is 0.748. The molecule has 146 valence electrons. The van der Waals surface area contributed by atoms with Crippen LogP contribution in [0.1, 0.15) is 67.2 Å². The SMILES string of the molecule is CC[C@@H]1C[C@H](CC)[C@@]2(C)OB(C[C@@H](C#N)NC(=O)OC(C)(C)C)O[C@H]2C1. The van der Waals surface area contributed by atoms with Crippen molar-refractivity contribution in [2.45, 2.75) is 96.9 Å². The molecule has 1 aliphatic heterocycles. The number of fused-ring (bicyclic) bond motifs is 1. The van der Waals surface area contributed by atoms with Crippen LogP contribution in [0.4, 0.5) is 4.79 Å². The van der Waals surface area contributed by atoms with Gasteiger partial charge in [-0.2, -0.15) is 5.26 Å². The smallest absolute Gasteiger partial charge is 0.444 e. The molecule has 0 aromatic carbocycles. The van der Waals surface area contributed by atoms with Crippen LogP contribution in [0.25, 0.3) is 0 Å². The molecule has 0 spiro atoms.